The van der Waals surface area contributed by atoms with Crippen molar-refractivity contribution in [3.8, 4) is 11.5 Å². The van der Waals surface area contributed by atoms with Gasteiger partial charge in [0.05, 0.1) is 16.7 Å². The molecule has 1 amide bonds. The Morgan fingerprint density at radius 2 is 1.75 bits per heavy atom. The van der Waals surface area contributed by atoms with Gasteiger partial charge in [-0.2, -0.15) is 5.10 Å². The van der Waals surface area contributed by atoms with Gasteiger partial charge in [-0.05, 0) is 54.4 Å². The van der Waals surface area contributed by atoms with E-state index in [1.54, 1.807) is 30.3 Å². The molecule has 0 saturated heterocycles. The molecule has 0 aliphatic heterocycles. The van der Waals surface area contributed by atoms with Gasteiger partial charge in [-0.15, -0.1) is 0 Å². The van der Waals surface area contributed by atoms with Gasteiger partial charge in [-0.3, -0.25) is 14.9 Å². The van der Waals surface area contributed by atoms with Crippen LogP contribution in [0, 0.1) is 17.0 Å². The average molecular weight is 433 g/mol. The number of ether oxygens (including phenoxy) is 2. The number of carbonyl (C=O) groups is 2. The fraction of sp³-hybridized carbons (Fsp3) is 0.0870. The standard InChI is InChI=1S/C23H19N3O6/c1-16-4-2-6-20(12-16)31-15-22(27)25-24-14-17-5-3-7-21(13-17)32-23(28)18-8-10-19(11-9-18)26(29)30/h2-14H,15H2,1H3,(H,25,27)/b24-14-. The minimum Gasteiger partial charge on any atom is -0.484 e. The van der Waals surface area contributed by atoms with Gasteiger partial charge in [0.1, 0.15) is 11.5 Å². The second kappa shape index (κ2) is 10.5. The molecule has 3 rings (SSSR count). The van der Waals surface area contributed by atoms with Gasteiger partial charge in [0.15, 0.2) is 6.61 Å². The number of aryl methyl sites for hydroxylation is 1. The van der Waals surface area contributed by atoms with Crippen LogP contribution in [0.1, 0.15) is 21.5 Å². The highest BCUT2D eigenvalue weighted by molar-refractivity contribution is 5.91. The molecular formula is C23H19N3O6. The van der Waals surface area contributed by atoms with Crippen LogP contribution in [-0.2, 0) is 4.79 Å². The number of hydrazone groups is 1. The third-order valence-corrected chi connectivity index (χ3v) is 4.14. The van der Waals surface area contributed by atoms with Crippen LogP contribution in [0.4, 0.5) is 5.69 Å². The number of hydrogen-bond donors (Lipinski definition) is 1. The van der Waals surface area contributed by atoms with Gasteiger partial charge in [0, 0.05) is 12.1 Å². The lowest BCUT2D eigenvalue weighted by molar-refractivity contribution is -0.384. The van der Waals surface area contributed by atoms with Crippen LogP contribution >= 0.6 is 0 Å². The van der Waals surface area contributed by atoms with Crippen LogP contribution in [0.2, 0.25) is 0 Å². The summed E-state index contributed by atoms with van der Waals surface area (Å²) in [5, 5.41) is 14.6. The van der Waals surface area contributed by atoms with Crippen molar-refractivity contribution >= 4 is 23.8 Å². The predicted molar refractivity (Wildman–Crippen MR) is 117 cm³/mol. The summed E-state index contributed by atoms with van der Waals surface area (Å²) < 4.78 is 10.7. The molecule has 0 atom stereocenters. The van der Waals surface area contributed by atoms with Crippen molar-refractivity contribution in [1.29, 1.82) is 0 Å². The van der Waals surface area contributed by atoms with E-state index >= 15 is 0 Å². The molecule has 9 nitrogen and oxygen atoms in total. The molecule has 0 aromatic heterocycles. The Kier molecular flexibility index (Phi) is 7.26. The normalized spacial score (nSPS) is 10.5. The second-order valence-electron chi connectivity index (χ2n) is 6.66. The lowest BCUT2D eigenvalue weighted by atomic mass is 10.2. The first kappa shape index (κ1) is 22.2. The van der Waals surface area contributed by atoms with Gasteiger partial charge in [-0.1, -0.05) is 24.3 Å². The molecule has 0 unspecified atom stereocenters. The fourth-order valence-corrected chi connectivity index (χ4v) is 2.61. The number of rotatable bonds is 8. The summed E-state index contributed by atoms with van der Waals surface area (Å²) in [6.07, 6.45) is 1.40. The number of nitro groups is 1. The lowest BCUT2D eigenvalue weighted by Gasteiger charge is -2.06. The molecule has 0 fully saturated rings. The molecule has 9 heteroatoms. The zero-order valence-corrected chi connectivity index (χ0v) is 17.1. The van der Waals surface area contributed by atoms with E-state index in [4.69, 9.17) is 9.47 Å². The maximum Gasteiger partial charge on any atom is 0.343 e. The Labute approximate surface area is 183 Å². The molecule has 3 aromatic carbocycles. The van der Waals surface area contributed by atoms with Gasteiger partial charge in [-0.25, -0.2) is 10.2 Å². The van der Waals surface area contributed by atoms with E-state index in [0.29, 0.717) is 11.3 Å². The monoisotopic (exact) mass is 433 g/mol. The summed E-state index contributed by atoms with van der Waals surface area (Å²) in [6, 6.07) is 18.9. The van der Waals surface area contributed by atoms with E-state index in [1.807, 2.05) is 25.1 Å². The zero-order chi connectivity index (χ0) is 22.9. The Bertz CT molecular complexity index is 1160. The van der Waals surface area contributed by atoms with E-state index in [2.05, 4.69) is 10.5 Å². The molecule has 162 valence electrons. The molecule has 0 saturated carbocycles. The maximum absolute atomic E-state index is 12.2. The van der Waals surface area contributed by atoms with Crippen molar-refractivity contribution < 1.29 is 24.0 Å². The number of carbonyl (C=O) groups excluding carboxylic acids is 2. The third-order valence-electron chi connectivity index (χ3n) is 4.14. The van der Waals surface area contributed by atoms with E-state index < -0.39 is 16.8 Å². The van der Waals surface area contributed by atoms with Gasteiger partial charge in [0.25, 0.3) is 11.6 Å². The Morgan fingerprint density at radius 1 is 1.03 bits per heavy atom. The topological polar surface area (TPSA) is 120 Å². The summed E-state index contributed by atoms with van der Waals surface area (Å²) >= 11 is 0. The summed E-state index contributed by atoms with van der Waals surface area (Å²) in [5.41, 5.74) is 4.02. The molecule has 0 heterocycles. The summed E-state index contributed by atoms with van der Waals surface area (Å²) in [4.78, 5) is 34.2. The van der Waals surface area contributed by atoms with Crippen molar-refractivity contribution in [3.05, 3.63) is 99.6 Å². The van der Waals surface area contributed by atoms with Crippen LogP contribution in [0.15, 0.2) is 77.9 Å². The van der Waals surface area contributed by atoms with Gasteiger partial charge >= 0.3 is 5.97 Å². The van der Waals surface area contributed by atoms with E-state index in [0.717, 1.165) is 5.56 Å². The van der Waals surface area contributed by atoms with Crippen molar-refractivity contribution in [2.24, 2.45) is 5.10 Å². The summed E-state index contributed by atoms with van der Waals surface area (Å²) in [6.45, 7) is 1.74. The number of hydrogen-bond acceptors (Lipinski definition) is 7. The third kappa shape index (κ3) is 6.49. The van der Waals surface area contributed by atoms with Crippen LogP contribution in [-0.4, -0.2) is 29.6 Å². The number of nitro benzene ring substituents is 1. The van der Waals surface area contributed by atoms with Crippen LogP contribution in [0.25, 0.3) is 0 Å². The first-order chi connectivity index (χ1) is 15.4. The van der Waals surface area contributed by atoms with Crippen molar-refractivity contribution in [1.82, 2.24) is 5.43 Å². The number of nitrogens with zero attached hydrogens (tertiary/aromatic N) is 2. The highest BCUT2D eigenvalue weighted by Crippen LogP contribution is 2.17. The molecule has 0 aliphatic carbocycles. The number of amides is 1. The zero-order valence-electron chi connectivity index (χ0n) is 17.1. The quantitative estimate of drug-likeness (QED) is 0.190. The van der Waals surface area contributed by atoms with E-state index in [9.17, 15) is 19.7 Å². The maximum atomic E-state index is 12.2. The van der Waals surface area contributed by atoms with Gasteiger partial charge in [0.2, 0.25) is 0 Å². The van der Waals surface area contributed by atoms with Gasteiger partial charge < -0.3 is 9.47 Å². The summed E-state index contributed by atoms with van der Waals surface area (Å²) in [5.74, 6) is -0.239. The molecular weight excluding hydrogens is 414 g/mol. The van der Waals surface area contributed by atoms with E-state index in [1.165, 1.54) is 30.5 Å². The molecule has 3 aromatic rings. The van der Waals surface area contributed by atoms with Crippen LogP contribution in [0.3, 0.4) is 0 Å². The number of non-ortho nitro benzene ring substituents is 1. The molecule has 32 heavy (non-hydrogen) atoms. The molecule has 0 aliphatic rings. The minimum absolute atomic E-state index is 0.119. The molecule has 1 N–H and O–H groups in total. The van der Waals surface area contributed by atoms with Crippen LogP contribution in [0.5, 0.6) is 11.5 Å². The Hall–Kier alpha value is -4.53. The first-order valence-corrected chi connectivity index (χ1v) is 9.49. The predicted octanol–water partition coefficient (Wildman–Crippen LogP) is 3.65. The lowest BCUT2D eigenvalue weighted by Crippen LogP contribution is -2.24. The van der Waals surface area contributed by atoms with Crippen LogP contribution < -0.4 is 14.9 Å². The summed E-state index contributed by atoms with van der Waals surface area (Å²) in [7, 11) is 0. The van der Waals surface area contributed by atoms with Crippen molar-refractivity contribution in [3.63, 3.8) is 0 Å². The molecule has 0 radical (unpaired) electrons. The molecule has 0 bridgehead atoms. The van der Waals surface area contributed by atoms with Crippen molar-refractivity contribution in [2.45, 2.75) is 6.92 Å². The smallest absolute Gasteiger partial charge is 0.343 e. The average Bonchev–Trinajstić information content (AvgIpc) is 2.78. The van der Waals surface area contributed by atoms with E-state index in [-0.39, 0.29) is 23.6 Å². The minimum atomic E-state index is -0.657. The number of nitrogens with one attached hydrogen (secondary N) is 1. The number of esters is 1. The molecule has 0 spiro atoms. The fourth-order valence-electron chi connectivity index (χ4n) is 2.61. The highest BCUT2D eigenvalue weighted by Gasteiger charge is 2.11. The Morgan fingerprint density at radius 3 is 2.47 bits per heavy atom. The number of benzene rings is 3. The first-order valence-electron chi connectivity index (χ1n) is 9.49. The highest BCUT2D eigenvalue weighted by atomic mass is 16.6. The second-order valence-corrected chi connectivity index (χ2v) is 6.66. The van der Waals surface area contributed by atoms with Crippen molar-refractivity contribution in [2.75, 3.05) is 6.61 Å². The Balaban J connectivity index is 1.52. The largest absolute Gasteiger partial charge is 0.484 e. The SMILES string of the molecule is Cc1cccc(OCC(=O)N/N=C\c2cccc(OC(=O)c3ccc([N+](=O)[O-])cc3)c2)c1.